The molecule has 4 heteroatoms. The molecule has 1 aromatic heterocycles. The van der Waals surface area contributed by atoms with Gasteiger partial charge in [-0.15, -0.1) is 0 Å². The molecule has 0 aliphatic heterocycles. The summed E-state index contributed by atoms with van der Waals surface area (Å²) in [6.07, 6.45) is 1.70. The minimum absolute atomic E-state index is 0.650. The van der Waals surface area contributed by atoms with Crippen LogP contribution in [0.3, 0.4) is 0 Å². The van der Waals surface area contributed by atoms with Crippen molar-refractivity contribution in [2.24, 2.45) is 0 Å². The Morgan fingerprint density at radius 2 is 2.13 bits per heavy atom. The molecule has 0 fully saturated rings. The molecule has 0 saturated carbocycles. The number of nitrogens with one attached hydrogen (secondary N) is 1. The lowest BCUT2D eigenvalue weighted by Gasteiger charge is -1.97. The van der Waals surface area contributed by atoms with Gasteiger partial charge in [-0.3, -0.25) is 0 Å². The quantitative estimate of drug-likeness (QED) is 0.860. The van der Waals surface area contributed by atoms with E-state index in [0.29, 0.717) is 6.61 Å². The number of ether oxygens (including phenoxy) is 1. The molecule has 0 unspecified atom stereocenters. The molecule has 2 aromatic rings. The summed E-state index contributed by atoms with van der Waals surface area (Å²) in [4.78, 5) is 8.47. The van der Waals surface area contributed by atoms with Crippen molar-refractivity contribution < 1.29 is 4.74 Å². The molecule has 78 valence electrons. The third-order valence-electron chi connectivity index (χ3n) is 1.79. The van der Waals surface area contributed by atoms with Crippen LogP contribution in [0.4, 0.5) is 0 Å². The molecule has 1 aromatic carbocycles. The lowest BCUT2D eigenvalue weighted by Crippen LogP contribution is -1.90. The molecule has 1 N–H and O–H groups in total. The molecule has 1 heterocycles. The highest BCUT2D eigenvalue weighted by molar-refractivity contribution is 7.99. The average Bonchev–Trinajstić information content (AvgIpc) is 2.68. The van der Waals surface area contributed by atoms with E-state index >= 15 is 0 Å². The van der Waals surface area contributed by atoms with Crippen molar-refractivity contribution in [3.8, 4) is 5.88 Å². The van der Waals surface area contributed by atoms with E-state index in [2.05, 4.69) is 9.97 Å². The maximum atomic E-state index is 5.29. The second-order valence-corrected chi connectivity index (χ2v) is 3.96. The van der Waals surface area contributed by atoms with Crippen molar-refractivity contribution >= 4 is 11.8 Å². The van der Waals surface area contributed by atoms with Crippen LogP contribution in [0.25, 0.3) is 0 Å². The van der Waals surface area contributed by atoms with E-state index in [0.717, 1.165) is 15.9 Å². The SMILES string of the molecule is CCOc1cnc(Sc2ccccc2)[nH]1. The van der Waals surface area contributed by atoms with Gasteiger partial charge in [0.15, 0.2) is 5.16 Å². The van der Waals surface area contributed by atoms with E-state index in [1.807, 2.05) is 37.3 Å². The van der Waals surface area contributed by atoms with Crippen LogP contribution >= 0.6 is 11.8 Å². The van der Waals surface area contributed by atoms with Gasteiger partial charge in [-0.1, -0.05) is 30.0 Å². The molecular weight excluding hydrogens is 208 g/mol. The number of aromatic amines is 1. The summed E-state index contributed by atoms with van der Waals surface area (Å²) in [5.74, 6) is 0.718. The lowest BCUT2D eigenvalue weighted by molar-refractivity contribution is 0.327. The Kier molecular flexibility index (Phi) is 3.29. The van der Waals surface area contributed by atoms with Crippen LogP contribution < -0.4 is 4.74 Å². The number of hydrogen-bond donors (Lipinski definition) is 1. The van der Waals surface area contributed by atoms with Crippen LogP contribution in [0.5, 0.6) is 5.88 Å². The van der Waals surface area contributed by atoms with Gasteiger partial charge in [-0.25, -0.2) is 4.98 Å². The van der Waals surface area contributed by atoms with Crippen LogP contribution in [0.15, 0.2) is 46.6 Å². The third-order valence-corrected chi connectivity index (χ3v) is 2.70. The molecule has 0 spiro atoms. The Hall–Kier alpha value is -1.42. The third kappa shape index (κ3) is 2.76. The summed E-state index contributed by atoms with van der Waals surface area (Å²) in [7, 11) is 0. The smallest absolute Gasteiger partial charge is 0.211 e. The van der Waals surface area contributed by atoms with Gasteiger partial charge in [0, 0.05) is 4.90 Å². The lowest BCUT2D eigenvalue weighted by atomic mass is 10.4. The summed E-state index contributed by atoms with van der Waals surface area (Å²) >= 11 is 1.59. The maximum absolute atomic E-state index is 5.29. The molecule has 0 saturated heterocycles. The fraction of sp³-hybridized carbons (Fsp3) is 0.182. The second-order valence-electron chi connectivity index (χ2n) is 2.90. The van der Waals surface area contributed by atoms with E-state index in [1.165, 1.54) is 0 Å². The number of hydrogen-bond acceptors (Lipinski definition) is 3. The van der Waals surface area contributed by atoms with Gasteiger partial charge in [-0.2, -0.15) is 0 Å². The van der Waals surface area contributed by atoms with E-state index in [9.17, 15) is 0 Å². The van der Waals surface area contributed by atoms with Gasteiger partial charge in [0.05, 0.1) is 12.8 Å². The van der Waals surface area contributed by atoms with E-state index in [-0.39, 0.29) is 0 Å². The van der Waals surface area contributed by atoms with Gasteiger partial charge >= 0.3 is 0 Å². The summed E-state index contributed by atoms with van der Waals surface area (Å²) in [5.41, 5.74) is 0. The summed E-state index contributed by atoms with van der Waals surface area (Å²) in [5, 5.41) is 0.852. The maximum Gasteiger partial charge on any atom is 0.211 e. The van der Waals surface area contributed by atoms with Crippen molar-refractivity contribution in [1.82, 2.24) is 9.97 Å². The largest absolute Gasteiger partial charge is 0.478 e. The van der Waals surface area contributed by atoms with Crippen molar-refractivity contribution in [3.63, 3.8) is 0 Å². The van der Waals surface area contributed by atoms with Gasteiger partial charge < -0.3 is 9.72 Å². The van der Waals surface area contributed by atoms with Crippen LogP contribution in [0, 0.1) is 0 Å². The highest BCUT2D eigenvalue weighted by Gasteiger charge is 2.02. The molecule has 0 atom stereocenters. The molecule has 2 rings (SSSR count). The number of H-pyrrole nitrogens is 1. The van der Waals surface area contributed by atoms with Gasteiger partial charge in [0.2, 0.25) is 5.88 Å². The Morgan fingerprint density at radius 1 is 1.33 bits per heavy atom. The van der Waals surface area contributed by atoms with Crippen molar-refractivity contribution in [3.05, 3.63) is 36.5 Å². The summed E-state index contributed by atoms with van der Waals surface area (Å²) in [6, 6.07) is 10.1. The van der Waals surface area contributed by atoms with E-state index in [1.54, 1.807) is 18.0 Å². The molecular formula is C11H12N2OS. The molecule has 3 nitrogen and oxygen atoms in total. The highest BCUT2D eigenvalue weighted by atomic mass is 32.2. The van der Waals surface area contributed by atoms with Crippen molar-refractivity contribution in [1.29, 1.82) is 0 Å². The monoisotopic (exact) mass is 220 g/mol. The first-order valence-corrected chi connectivity index (χ1v) is 5.61. The number of aromatic nitrogens is 2. The van der Waals surface area contributed by atoms with Gasteiger partial charge in [0.1, 0.15) is 0 Å². The highest BCUT2D eigenvalue weighted by Crippen LogP contribution is 2.25. The van der Waals surface area contributed by atoms with E-state index in [4.69, 9.17) is 4.74 Å². The minimum Gasteiger partial charge on any atom is -0.478 e. The van der Waals surface area contributed by atoms with E-state index < -0.39 is 0 Å². The molecule has 0 amide bonds. The molecule has 0 bridgehead atoms. The number of benzene rings is 1. The van der Waals surface area contributed by atoms with Crippen LogP contribution in [0.1, 0.15) is 6.92 Å². The predicted octanol–water partition coefficient (Wildman–Crippen LogP) is 2.96. The zero-order valence-electron chi connectivity index (χ0n) is 8.43. The van der Waals surface area contributed by atoms with Gasteiger partial charge in [0.25, 0.3) is 0 Å². The normalized spacial score (nSPS) is 10.2. The number of nitrogens with zero attached hydrogens (tertiary/aromatic N) is 1. The summed E-state index contributed by atoms with van der Waals surface area (Å²) < 4.78 is 5.29. The second kappa shape index (κ2) is 4.89. The number of imidazole rings is 1. The molecule has 0 radical (unpaired) electrons. The molecule has 15 heavy (non-hydrogen) atoms. The fourth-order valence-corrected chi connectivity index (χ4v) is 1.94. The average molecular weight is 220 g/mol. The molecule has 0 aliphatic rings. The zero-order valence-corrected chi connectivity index (χ0v) is 9.25. The molecule has 0 aliphatic carbocycles. The fourth-order valence-electron chi connectivity index (χ4n) is 1.17. The Bertz CT molecular complexity index is 414. The predicted molar refractivity (Wildman–Crippen MR) is 60.3 cm³/mol. The Morgan fingerprint density at radius 3 is 2.87 bits per heavy atom. The van der Waals surface area contributed by atoms with Crippen LogP contribution in [0.2, 0.25) is 0 Å². The first-order valence-electron chi connectivity index (χ1n) is 4.79. The summed E-state index contributed by atoms with van der Waals surface area (Å²) in [6.45, 7) is 2.60. The first-order chi connectivity index (χ1) is 7.38. The van der Waals surface area contributed by atoms with Crippen LogP contribution in [-0.4, -0.2) is 16.6 Å². The van der Waals surface area contributed by atoms with Gasteiger partial charge in [-0.05, 0) is 19.1 Å². The minimum atomic E-state index is 0.650. The Balaban J connectivity index is 2.05. The Labute approximate surface area is 92.9 Å². The zero-order chi connectivity index (χ0) is 10.5. The first kappa shape index (κ1) is 10.1. The van der Waals surface area contributed by atoms with Crippen molar-refractivity contribution in [2.75, 3.05) is 6.61 Å². The van der Waals surface area contributed by atoms with Crippen LogP contribution in [-0.2, 0) is 0 Å². The van der Waals surface area contributed by atoms with Crippen molar-refractivity contribution in [2.45, 2.75) is 17.0 Å². The topological polar surface area (TPSA) is 37.9 Å². The number of rotatable bonds is 4. The standard InChI is InChI=1S/C11H12N2OS/c1-2-14-10-8-12-11(13-10)15-9-6-4-3-5-7-9/h3-8H,2H2,1H3,(H,12,13).